The number of aliphatic hydroxyl groups is 1. The summed E-state index contributed by atoms with van der Waals surface area (Å²) in [4.78, 5) is 2.20. The average Bonchev–Trinajstić information content (AvgIpc) is 2.68. The summed E-state index contributed by atoms with van der Waals surface area (Å²) >= 11 is 5.87. The standard InChI is InChI=1S/C21H28ClNO4/c1-25-12-4-11-23(14-17-5-3-6-21(13-17)26-2)15-19(24)16-27-20-9-7-18(22)8-10-20/h3,5-10,13,19,24H,4,11-12,14-16H2,1-2H3. The number of methoxy groups -OCH3 is 2. The Balaban J connectivity index is 1.90. The minimum absolute atomic E-state index is 0.223. The van der Waals surface area contributed by atoms with Crippen molar-refractivity contribution in [2.24, 2.45) is 0 Å². The van der Waals surface area contributed by atoms with Gasteiger partial charge in [-0.15, -0.1) is 0 Å². The van der Waals surface area contributed by atoms with Gasteiger partial charge in [-0.1, -0.05) is 23.7 Å². The highest BCUT2D eigenvalue weighted by atomic mass is 35.5. The van der Waals surface area contributed by atoms with Gasteiger partial charge in [-0.05, 0) is 48.4 Å². The number of hydrogen-bond donors (Lipinski definition) is 1. The van der Waals surface area contributed by atoms with Crippen molar-refractivity contribution in [2.75, 3.05) is 40.5 Å². The normalized spacial score (nSPS) is 12.2. The molecule has 0 aliphatic rings. The molecule has 0 radical (unpaired) electrons. The van der Waals surface area contributed by atoms with Crippen LogP contribution in [-0.4, -0.2) is 56.6 Å². The smallest absolute Gasteiger partial charge is 0.119 e. The van der Waals surface area contributed by atoms with Gasteiger partial charge in [0, 0.05) is 38.4 Å². The maximum absolute atomic E-state index is 10.4. The zero-order valence-electron chi connectivity index (χ0n) is 15.9. The Hall–Kier alpha value is -1.79. The van der Waals surface area contributed by atoms with Crippen LogP contribution in [0.2, 0.25) is 5.02 Å². The molecule has 0 aliphatic carbocycles. The molecule has 0 saturated carbocycles. The molecule has 27 heavy (non-hydrogen) atoms. The molecular weight excluding hydrogens is 366 g/mol. The Bertz CT molecular complexity index is 665. The van der Waals surface area contributed by atoms with E-state index < -0.39 is 6.10 Å². The summed E-state index contributed by atoms with van der Waals surface area (Å²) in [7, 11) is 3.36. The fourth-order valence-electron chi connectivity index (χ4n) is 2.77. The molecule has 0 fully saturated rings. The van der Waals surface area contributed by atoms with Gasteiger partial charge in [0.05, 0.1) is 7.11 Å². The van der Waals surface area contributed by atoms with Crippen LogP contribution < -0.4 is 9.47 Å². The zero-order valence-corrected chi connectivity index (χ0v) is 16.7. The van der Waals surface area contributed by atoms with E-state index in [1.165, 1.54) is 0 Å². The molecule has 0 heterocycles. The lowest BCUT2D eigenvalue weighted by molar-refractivity contribution is 0.0617. The first-order chi connectivity index (χ1) is 13.1. The van der Waals surface area contributed by atoms with Crippen molar-refractivity contribution in [1.29, 1.82) is 0 Å². The van der Waals surface area contributed by atoms with Crippen molar-refractivity contribution < 1.29 is 19.3 Å². The second-order valence-corrected chi connectivity index (χ2v) is 6.79. The Labute approximate surface area is 166 Å². The number of benzene rings is 2. The van der Waals surface area contributed by atoms with Gasteiger partial charge in [0.2, 0.25) is 0 Å². The topological polar surface area (TPSA) is 51.2 Å². The van der Waals surface area contributed by atoms with Crippen LogP contribution in [0.3, 0.4) is 0 Å². The van der Waals surface area contributed by atoms with Gasteiger partial charge in [0.15, 0.2) is 0 Å². The number of ether oxygens (including phenoxy) is 3. The molecule has 2 aromatic carbocycles. The van der Waals surface area contributed by atoms with Gasteiger partial charge in [-0.2, -0.15) is 0 Å². The lowest BCUT2D eigenvalue weighted by Gasteiger charge is -2.25. The third-order valence-electron chi connectivity index (χ3n) is 4.09. The van der Waals surface area contributed by atoms with Crippen LogP contribution in [0.15, 0.2) is 48.5 Å². The fourth-order valence-corrected chi connectivity index (χ4v) is 2.90. The van der Waals surface area contributed by atoms with E-state index in [2.05, 4.69) is 11.0 Å². The Kier molecular flexibility index (Phi) is 9.42. The quantitative estimate of drug-likeness (QED) is 0.558. The molecule has 0 spiro atoms. The molecule has 2 rings (SSSR count). The molecule has 1 N–H and O–H groups in total. The molecular formula is C21H28ClNO4. The van der Waals surface area contributed by atoms with Crippen LogP contribution in [0.5, 0.6) is 11.5 Å². The molecule has 5 nitrogen and oxygen atoms in total. The summed E-state index contributed by atoms with van der Waals surface area (Å²) in [6.07, 6.45) is 0.291. The van der Waals surface area contributed by atoms with Crippen LogP contribution >= 0.6 is 11.6 Å². The van der Waals surface area contributed by atoms with E-state index >= 15 is 0 Å². The number of hydrogen-bond acceptors (Lipinski definition) is 5. The summed E-state index contributed by atoms with van der Waals surface area (Å²) < 4.78 is 16.1. The molecule has 2 aromatic rings. The van der Waals surface area contributed by atoms with Crippen molar-refractivity contribution in [3.05, 3.63) is 59.1 Å². The fraction of sp³-hybridized carbons (Fsp3) is 0.429. The van der Waals surface area contributed by atoms with Crippen LogP contribution in [-0.2, 0) is 11.3 Å². The Morgan fingerprint density at radius 1 is 1.07 bits per heavy atom. The van der Waals surface area contributed by atoms with Gasteiger partial charge < -0.3 is 19.3 Å². The lowest BCUT2D eigenvalue weighted by atomic mass is 10.2. The second kappa shape index (κ2) is 11.8. The molecule has 0 aromatic heterocycles. The monoisotopic (exact) mass is 393 g/mol. The molecule has 1 unspecified atom stereocenters. The summed E-state index contributed by atoms with van der Waals surface area (Å²) in [6.45, 7) is 2.96. The SMILES string of the molecule is COCCCN(Cc1cccc(OC)c1)CC(O)COc1ccc(Cl)cc1. The average molecular weight is 394 g/mol. The summed E-state index contributed by atoms with van der Waals surface area (Å²) in [5.74, 6) is 1.52. The van der Waals surface area contributed by atoms with Crippen LogP contribution in [0.25, 0.3) is 0 Å². The first-order valence-electron chi connectivity index (χ1n) is 9.01. The van der Waals surface area contributed by atoms with Crippen LogP contribution in [0.1, 0.15) is 12.0 Å². The predicted octanol–water partition coefficient (Wildman–Crippen LogP) is 3.63. The molecule has 0 bridgehead atoms. The minimum Gasteiger partial charge on any atom is -0.497 e. The lowest BCUT2D eigenvalue weighted by Crippen LogP contribution is -2.36. The number of aliphatic hydroxyl groups excluding tert-OH is 1. The minimum atomic E-state index is -0.603. The van der Waals surface area contributed by atoms with E-state index in [1.54, 1.807) is 38.5 Å². The molecule has 148 valence electrons. The van der Waals surface area contributed by atoms with E-state index in [9.17, 15) is 5.11 Å². The zero-order chi connectivity index (χ0) is 19.5. The Morgan fingerprint density at radius 2 is 1.85 bits per heavy atom. The van der Waals surface area contributed by atoms with E-state index in [4.69, 9.17) is 25.8 Å². The van der Waals surface area contributed by atoms with Gasteiger partial charge in [-0.3, -0.25) is 4.90 Å². The third-order valence-corrected chi connectivity index (χ3v) is 4.34. The maximum atomic E-state index is 10.4. The predicted molar refractivity (Wildman–Crippen MR) is 108 cm³/mol. The van der Waals surface area contributed by atoms with Gasteiger partial charge >= 0.3 is 0 Å². The van der Waals surface area contributed by atoms with E-state index in [0.29, 0.717) is 23.9 Å². The number of rotatable bonds is 12. The van der Waals surface area contributed by atoms with Crippen molar-refractivity contribution in [2.45, 2.75) is 19.1 Å². The third kappa shape index (κ3) is 8.18. The first kappa shape index (κ1) is 21.5. The molecule has 0 amide bonds. The highest BCUT2D eigenvalue weighted by Gasteiger charge is 2.14. The maximum Gasteiger partial charge on any atom is 0.119 e. The van der Waals surface area contributed by atoms with Gasteiger partial charge in [0.1, 0.15) is 24.2 Å². The Morgan fingerprint density at radius 3 is 2.56 bits per heavy atom. The largest absolute Gasteiger partial charge is 0.497 e. The van der Waals surface area contributed by atoms with Crippen molar-refractivity contribution in [3.8, 4) is 11.5 Å². The first-order valence-corrected chi connectivity index (χ1v) is 9.39. The summed E-state index contributed by atoms with van der Waals surface area (Å²) in [6, 6.07) is 15.1. The van der Waals surface area contributed by atoms with Crippen molar-refractivity contribution in [3.63, 3.8) is 0 Å². The molecule has 1 atom stereocenters. The van der Waals surface area contributed by atoms with Crippen LogP contribution in [0, 0.1) is 0 Å². The molecule has 0 aliphatic heterocycles. The van der Waals surface area contributed by atoms with E-state index in [-0.39, 0.29) is 6.61 Å². The molecule has 6 heteroatoms. The highest BCUT2D eigenvalue weighted by Crippen LogP contribution is 2.17. The van der Waals surface area contributed by atoms with Crippen molar-refractivity contribution in [1.82, 2.24) is 4.90 Å². The highest BCUT2D eigenvalue weighted by molar-refractivity contribution is 6.30. The number of halogens is 1. The van der Waals surface area contributed by atoms with Crippen molar-refractivity contribution >= 4 is 11.6 Å². The van der Waals surface area contributed by atoms with Gasteiger partial charge in [-0.25, -0.2) is 0 Å². The van der Waals surface area contributed by atoms with E-state index in [0.717, 1.165) is 30.8 Å². The van der Waals surface area contributed by atoms with Crippen LogP contribution in [0.4, 0.5) is 0 Å². The summed E-state index contributed by atoms with van der Waals surface area (Å²) in [5, 5.41) is 11.1. The van der Waals surface area contributed by atoms with Gasteiger partial charge in [0.25, 0.3) is 0 Å². The second-order valence-electron chi connectivity index (χ2n) is 6.35. The molecule has 0 saturated heterocycles. The summed E-state index contributed by atoms with van der Waals surface area (Å²) in [5.41, 5.74) is 1.14. The van der Waals surface area contributed by atoms with E-state index in [1.807, 2.05) is 18.2 Å². The number of nitrogens with zero attached hydrogens (tertiary/aromatic N) is 1.